The predicted molar refractivity (Wildman–Crippen MR) is 43.2 cm³/mol. The summed E-state index contributed by atoms with van der Waals surface area (Å²) in [6.45, 7) is 0. The van der Waals surface area contributed by atoms with Crippen molar-refractivity contribution in [3.63, 3.8) is 0 Å². The van der Waals surface area contributed by atoms with Gasteiger partial charge >= 0.3 is 0 Å². The lowest BCUT2D eigenvalue weighted by Gasteiger charge is -2.09. The van der Waals surface area contributed by atoms with Crippen LogP contribution in [0.4, 0.5) is 0 Å². The van der Waals surface area contributed by atoms with Crippen LogP contribution in [-0.4, -0.2) is 7.85 Å². The van der Waals surface area contributed by atoms with E-state index in [4.69, 9.17) is 0 Å². The van der Waals surface area contributed by atoms with Crippen LogP contribution >= 0.6 is 0 Å². The fourth-order valence-electron chi connectivity index (χ4n) is 1.33. The first-order chi connectivity index (χ1) is 4.43. The van der Waals surface area contributed by atoms with Gasteiger partial charge in [0.1, 0.15) is 7.85 Å². The standard InChI is InChI=1S/C8H13B/c9-7-6-8-4-2-1-3-5-8/h7H,1-5,9H2. The van der Waals surface area contributed by atoms with E-state index in [1.165, 1.54) is 37.7 Å². The van der Waals surface area contributed by atoms with E-state index in [1.54, 1.807) is 0 Å². The smallest absolute Gasteiger partial charge is 0.136 e. The molecule has 1 aliphatic carbocycles. The molecule has 0 radical (unpaired) electrons. The Labute approximate surface area is 58.1 Å². The summed E-state index contributed by atoms with van der Waals surface area (Å²) in [5.41, 5.74) is 4.81. The highest BCUT2D eigenvalue weighted by Gasteiger charge is 2.02. The van der Waals surface area contributed by atoms with E-state index in [0.717, 1.165) is 0 Å². The molecule has 1 heteroatoms. The molecule has 1 aliphatic rings. The maximum atomic E-state index is 3.28. The van der Waals surface area contributed by atoms with Gasteiger partial charge in [-0.1, -0.05) is 12.4 Å². The molecule has 1 fully saturated rings. The molecule has 1 rings (SSSR count). The van der Waals surface area contributed by atoms with Gasteiger partial charge in [0.15, 0.2) is 0 Å². The van der Waals surface area contributed by atoms with Crippen molar-refractivity contribution in [3.05, 3.63) is 17.3 Å². The Bertz CT molecular complexity index is 133. The molecule has 0 heterocycles. The summed E-state index contributed by atoms with van der Waals surface area (Å²) in [4.78, 5) is 0. The van der Waals surface area contributed by atoms with E-state index in [0.29, 0.717) is 0 Å². The Kier molecular flexibility index (Phi) is 2.67. The average molecular weight is 120 g/mol. The number of allylic oxidation sites excluding steroid dienone is 1. The van der Waals surface area contributed by atoms with Crippen LogP contribution in [0.3, 0.4) is 0 Å². The van der Waals surface area contributed by atoms with Gasteiger partial charge in [-0.2, -0.15) is 0 Å². The van der Waals surface area contributed by atoms with Gasteiger partial charge in [-0.3, -0.25) is 0 Å². The van der Waals surface area contributed by atoms with E-state index in [9.17, 15) is 0 Å². The van der Waals surface area contributed by atoms with Gasteiger partial charge in [0.2, 0.25) is 0 Å². The molecule has 0 atom stereocenters. The molecular formula is C8H13B. The quantitative estimate of drug-likeness (QED) is 0.336. The molecule has 0 saturated heterocycles. The lowest BCUT2D eigenvalue weighted by Crippen LogP contribution is -1.91. The zero-order valence-electron chi connectivity index (χ0n) is 6.11. The highest BCUT2D eigenvalue weighted by Crippen LogP contribution is 2.21. The minimum absolute atomic E-state index is 1.30. The van der Waals surface area contributed by atoms with Crippen LogP contribution in [0.25, 0.3) is 0 Å². The summed E-state index contributed by atoms with van der Waals surface area (Å²) < 4.78 is 0. The lowest BCUT2D eigenvalue weighted by molar-refractivity contribution is 0.600. The first-order valence-electron chi connectivity index (χ1n) is 3.82. The van der Waals surface area contributed by atoms with Gasteiger partial charge in [0, 0.05) is 0 Å². The van der Waals surface area contributed by atoms with Gasteiger partial charge in [0.25, 0.3) is 0 Å². The number of hydrogen-bond donors (Lipinski definition) is 0. The van der Waals surface area contributed by atoms with Crippen LogP contribution in [0.1, 0.15) is 32.1 Å². The Morgan fingerprint density at radius 1 is 1.22 bits per heavy atom. The second-order valence-corrected chi connectivity index (χ2v) is 2.60. The Hall–Kier alpha value is -0.415. The summed E-state index contributed by atoms with van der Waals surface area (Å²) in [5, 5.41) is 0. The van der Waals surface area contributed by atoms with Crippen molar-refractivity contribution in [3.8, 4) is 0 Å². The van der Waals surface area contributed by atoms with E-state index in [1.807, 2.05) is 13.8 Å². The van der Waals surface area contributed by atoms with Gasteiger partial charge < -0.3 is 0 Å². The first-order valence-corrected chi connectivity index (χ1v) is 3.82. The summed E-state index contributed by atoms with van der Waals surface area (Å²) in [6.07, 6.45) is 6.79. The largest absolute Gasteiger partial charge is 0.139 e. The number of rotatable bonds is 0. The zero-order chi connectivity index (χ0) is 6.53. The van der Waals surface area contributed by atoms with Gasteiger partial charge in [-0.15, -0.1) is 5.73 Å². The topological polar surface area (TPSA) is 0 Å². The second-order valence-electron chi connectivity index (χ2n) is 2.60. The van der Waals surface area contributed by atoms with Gasteiger partial charge in [0.05, 0.1) is 0 Å². The fourth-order valence-corrected chi connectivity index (χ4v) is 1.33. The van der Waals surface area contributed by atoms with E-state index < -0.39 is 0 Å². The molecule has 0 spiro atoms. The van der Waals surface area contributed by atoms with Crippen molar-refractivity contribution in [2.45, 2.75) is 32.1 Å². The lowest BCUT2D eigenvalue weighted by atomic mass is 9.95. The molecule has 1 saturated carbocycles. The fraction of sp³-hybridized carbons (Fsp3) is 0.625. The molecule has 0 N–H and O–H groups in total. The van der Waals surface area contributed by atoms with E-state index in [-0.39, 0.29) is 0 Å². The monoisotopic (exact) mass is 120 g/mol. The highest BCUT2D eigenvalue weighted by atomic mass is 14.1. The molecule has 0 aromatic carbocycles. The zero-order valence-corrected chi connectivity index (χ0v) is 6.11. The summed E-state index contributed by atoms with van der Waals surface area (Å²) in [5.74, 6) is 2.03. The predicted octanol–water partition coefficient (Wildman–Crippen LogP) is 1.62. The highest BCUT2D eigenvalue weighted by molar-refractivity contribution is 6.16. The summed E-state index contributed by atoms with van der Waals surface area (Å²) in [7, 11) is 2.04. The SMILES string of the molecule is BC=C=C1CCCCC1. The Morgan fingerprint density at radius 2 is 1.89 bits per heavy atom. The van der Waals surface area contributed by atoms with Crippen LogP contribution in [0, 0.1) is 0 Å². The van der Waals surface area contributed by atoms with Crippen molar-refractivity contribution >= 4 is 7.85 Å². The van der Waals surface area contributed by atoms with Crippen molar-refractivity contribution in [2.75, 3.05) is 0 Å². The molecule has 0 aliphatic heterocycles. The third-order valence-electron chi connectivity index (χ3n) is 1.81. The maximum absolute atomic E-state index is 3.28. The van der Waals surface area contributed by atoms with Crippen LogP contribution in [-0.2, 0) is 0 Å². The third-order valence-corrected chi connectivity index (χ3v) is 1.81. The molecule has 0 unspecified atom stereocenters. The number of hydrogen-bond acceptors (Lipinski definition) is 0. The molecule has 0 nitrogen and oxygen atoms in total. The second kappa shape index (κ2) is 3.58. The normalized spacial score (nSPS) is 18.9. The van der Waals surface area contributed by atoms with Crippen LogP contribution < -0.4 is 0 Å². The van der Waals surface area contributed by atoms with Crippen LogP contribution in [0.5, 0.6) is 0 Å². The van der Waals surface area contributed by atoms with Crippen LogP contribution in [0.2, 0.25) is 0 Å². The molecule has 0 amide bonds. The molecule has 0 aromatic rings. The van der Waals surface area contributed by atoms with E-state index >= 15 is 0 Å². The minimum atomic E-state index is 1.30. The Morgan fingerprint density at radius 3 is 2.44 bits per heavy atom. The van der Waals surface area contributed by atoms with Gasteiger partial charge in [-0.25, -0.2) is 0 Å². The van der Waals surface area contributed by atoms with Crippen molar-refractivity contribution in [2.24, 2.45) is 0 Å². The van der Waals surface area contributed by atoms with Crippen molar-refractivity contribution < 1.29 is 0 Å². The minimum Gasteiger partial charge on any atom is -0.136 e. The summed E-state index contributed by atoms with van der Waals surface area (Å²) in [6, 6.07) is 0. The van der Waals surface area contributed by atoms with Gasteiger partial charge in [-0.05, 0) is 31.3 Å². The molecular weight excluding hydrogens is 107 g/mol. The van der Waals surface area contributed by atoms with Crippen molar-refractivity contribution in [1.82, 2.24) is 0 Å². The molecule has 0 aromatic heterocycles. The molecule has 48 valence electrons. The van der Waals surface area contributed by atoms with Crippen molar-refractivity contribution in [1.29, 1.82) is 0 Å². The van der Waals surface area contributed by atoms with E-state index in [2.05, 4.69) is 5.73 Å². The summed E-state index contributed by atoms with van der Waals surface area (Å²) >= 11 is 0. The molecule has 9 heavy (non-hydrogen) atoms. The Balaban J connectivity index is 2.49. The molecule has 0 bridgehead atoms. The van der Waals surface area contributed by atoms with Crippen LogP contribution in [0.15, 0.2) is 17.3 Å². The maximum Gasteiger partial charge on any atom is 0.139 e. The third kappa shape index (κ3) is 2.11. The average Bonchev–Trinajstić information content (AvgIpc) is 1.91. The first kappa shape index (κ1) is 6.70.